The zero-order chi connectivity index (χ0) is 25.3. The van der Waals surface area contributed by atoms with Crippen LogP contribution in [0, 0.1) is 0 Å². The molecule has 35 heavy (non-hydrogen) atoms. The number of para-hydroxylation sites is 1. The summed E-state index contributed by atoms with van der Waals surface area (Å²) in [6.07, 6.45) is 1.61. The zero-order valence-corrected chi connectivity index (χ0v) is 20.2. The van der Waals surface area contributed by atoms with Crippen molar-refractivity contribution in [2.75, 3.05) is 19.8 Å². The first-order chi connectivity index (χ1) is 16.9. The molecule has 0 fully saturated rings. The highest BCUT2D eigenvalue weighted by Crippen LogP contribution is 2.22. The van der Waals surface area contributed by atoms with Gasteiger partial charge in [0.25, 0.3) is 11.2 Å². The summed E-state index contributed by atoms with van der Waals surface area (Å²) < 4.78 is 23.1. The molecule has 3 aromatic rings. The Morgan fingerprint density at radius 1 is 0.943 bits per heavy atom. The first kappa shape index (κ1) is 25.9. The Bertz CT molecular complexity index is 1210. The smallest absolute Gasteiger partial charge is 0.350 e. The monoisotopic (exact) mass is 482 g/mol. The fourth-order valence-electron chi connectivity index (χ4n) is 3.56. The number of hydrogen-bond donors (Lipinski definition) is 0. The van der Waals surface area contributed by atoms with E-state index in [9.17, 15) is 14.4 Å². The van der Waals surface area contributed by atoms with E-state index in [0.29, 0.717) is 28.8 Å². The first-order valence-electron chi connectivity index (χ1n) is 11.6. The van der Waals surface area contributed by atoms with Gasteiger partial charge in [-0.25, -0.2) is 14.6 Å². The van der Waals surface area contributed by atoms with Crippen molar-refractivity contribution in [1.29, 1.82) is 0 Å². The lowest BCUT2D eigenvalue weighted by molar-refractivity contribution is -0.192. The van der Waals surface area contributed by atoms with Crippen LogP contribution < -0.4 is 10.3 Å². The van der Waals surface area contributed by atoms with E-state index in [1.165, 1.54) is 10.9 Å². The molecule has 0 amide bonds. The van der Waals surface area contributed by atoms with Crippen LogP contribution in [0.2, 0.25) is 0 Å². The molecule has 1 atom stereocenters. The maximum absolute atomic E-state index is 12.7. The van der Waals surface area contributed by atoms with Gasteiger partial charge in [0.05, 0.1) is 30.4 Å². The highest BCUT2D eigenvalue weighted by Gasteiger charge is 2.48. The third-order valence-corrected chi connectivity index (χ3v) is 5.45. The molecular formula is C26H30N2O7. The molecule has 9 nitrogen and oxygen atoms in total. The van der Waals surface area contributed by atoms with Gasteiger partial charge in [-0.05, 0) is 50.1 Å². The zero-order valence-electron chi connectivity index (χ0n) is 20.2. The summed E-state index contributed by atoms with van der Waals surface area (Å²) in [5.74, 6) is -0.931. The standard InChI is InChI=1S/C26H30N2O7/c1-4-26(35-6-3,24(30)32-5-2)25(31)34-17-19-11-13-20(14-12-19)33-16-15-28-18-27-22-10-8-7-9-21(22)23(28)29/h7-14,18H,4-6,15-17H2,1-3H3. The van der Waals surface area contributed by atoms with Crippen molar-refractivity contribution in [3.63, 3.8) is 0 Å². The summed E-state index contributed by atoms with van der Waals surface area (Å²) in [5, 5.41) is 0.563. The molecule has 186 valence electrons. The maximum atomic E-state index is 12.7. The predicted octanol–water partition coefficient (Wildman–Crippen LogP) is 3.27. The minimum atomic E-state index is -1.77. The van der Waals surface area contributed by atoms with Crippen molar-refractivity contribution in [2.24, 2.45) is 0 Å². The number of carbonyl (C=O) groups excluding carboxylic acids is 2. The van der Waals surface area contributed by atoms with Crippen LogP contribution in [0.3, 0.4) is 0 Å². The van der Waals surface area contributed by atoms with E-state index in [1.807, 2.05) is 6.07 Å². The summed E-state index contributed by atoms with van der Waals surface area (Å²) in [5.41, 5.74) is -0.519. The average molecular weight is 483 g/mol. The number of fused-ring (bicyclic) bond motifs is 1. The third kappa shape index (κ3) is 6.05. The highest BCUT2D eigenvalue weighted by molar-refractivity contribution is 6.03. The van der Waals surface area contributed by atoms with E-state index in [2.05, 4.69) is 4.98 Å². The van der Waals surface area contributed by atoms with Gasteiger partial charge in [0.2, 0.25) is 0 Å². The van der Waals surface area contributed by atoms with Crippen molar-refractivity contribution >= 4 is 22.8 Å². The Labute approximate surface area is 203 Å². The van der Waals surface area contributed by atoms with Crippen LogP contribution >= 0.6 is 0 Å². The molecule has 0 spiro atoms. The Hall–Kier alpha value is -3.72. The lowest BCUT2D eigenvalue weighted by atomic mass is 10.0. The van der Waals surface area contributed by atoms with Crippen LogP contribution in [-0.4, -0.2) is 46.9 Å². The van der Waals surface area contributed by atoms with Gasteiger partial charge in [-0.15, -0.1) is 0 Å². The summed E-state index contributed by atoms with van der Waals surface area (Å²) in [4.78, 5) is 41.9. The topological polar surface area (TPSA) is 106 Å². The molecule has 1 unspecified atom stereocenters. The molecule has 1 aromatic heterocycles. The van der Waals surface area contributed by atoms with Crippen LogP contribution in [0.5, 0.6) is 5.75 Å². The van der Waals surface area contributed by atoms with Crippen LogP contribution in [0.1, 0.15) is 32.8 Å². The van der Waals surface area contributed by atoms with Gasteiger partial charge in [-0.1, -0.05) is 31.2 Å². The number of ether oxygens (including phenoxy) is 4. The molecule has 0 N–H and O–H groups in total. The second kappa shape index (κ2) is 12.1. The number of esters is 2. The first-order valence-corrected chi connectivity index (χ1v) is 11.6. The van der Waals surface area contributed by atoms with Gasteiger partial charge < -0.3 is 18.9 Å². The number of rotatable bonds is 12. The molecular weight excluding hydrogens is 452 g/mol. The molecule has 0 aliphatic heterocycles. The Kier molecular flexibility index (Phi) is 8.97. The summed E-state index contributed by atoms with van der Waals surface area (Å²) in [6, 6.07) is 14.2. The van der Waals surface area contributed by atoms with Gasteiger partial charge in [-0.3, -0.25) is 9.36 Å². The van der Waals surface area contributed by atoms with Gasteiger partial charge in [0.15, 0.2) is 0 Å². The quantitative estimate of drug-likeness (QED) is 0.286. The minimum absolute atomic E-state index is 0.0362. The largest absolute Gasteiger partial charge is 0.492 e. The molecule has 3 rings (SSSR count). The van der Waals surface area contributed by atoms with Crippen LogP contribution in [0.4, 0.5) is 0 Å². The van der Waals surface area contributed by atoms with Crippen molar-refractivity contribution in [1.82, 2.24) is 9.55 Å². The molecule has 0 radical (unpaired) electrons. The van der Waals surface area contributed by atoms with Gasteiger partial charge in [0, 0.05) is 6.61 Å². The van der Waals surface area contributed by atoms with Gasteiger partial charge in [0.1, 0.15) is 19.0 Å². The van der Waals surface area contributed by atoms with Crippen LogP contribution in [-0.2, 0) is 37.0 Å². The third-order valence-electron chi connectivity index (χ3n) is 5.45. The van der Waals surface area contributed by atoms with E-state index < -0.39 is 17.5 Å². The van der Waals surface area contributed by atoms with Crippen molar-refractivity contribution < 1.29 is 28.5 Å². The molecule has 1 heterocycles. The second-order valence-corrected chi connectivity index (χ2v) is 7.66. The Morgan fingerprint density at radius 3 is 2.34 bits per heavy atom. The lowest BCUT2D eigenvalue weighted by Crippen LogP contribution is -2.50. The second-order valence-electron chi connectivity index (χ2n) is 7.66. The van der Waals surface area contributed by atoms with Crippen molar-refractivity contribution in [3.8, 4) is 5.75 Å². The predicted molar refractivity (Wildman–Crippen MR) is 129 cm³/mol. The van der Waals surface area contributed by atoms with Gasteiger partial charge in [-0.2, -0.15) is 0 Å². The number of nitrogens with zero attached hydrogens (tertiary/aromatic N) is 2. The van der Waals surface area contributed by atoms with E-state index in [-0.39, 0.29) is 38.4 Å². The highest BCUT2D eigenvalue weighted by atomic mass is 16.6. The number of aromatic nitrogens is 2. The molecule has 2 aromatic carbocycles. The minimum Gasteiger partial charge on any atom is -0.492 e. The van der Waals surface area contributed by atoms with Crippen molar-refractivity contribution in [3.05, 3.63) is 70.8 Å². The fourth-order valence-corrected chi connectivity index (χ4v) is 3.56. The average Bonchev–Trinajstić information content (AvgIpc) is 2.88. The van der Waals surface area contributed by atoms with Crippen LogP contribution in [0.15, 0.2) is 59.7 Å². The SMILES string of the molecule is CCOC(=O)C(CC)(OCC)C(=O)OCc1ccc(OCCn2cnc3ccccc3c2=O)cc1. The molecule has 9 heteroatoms. The van der Waals surface area contributed by atoms with E-state index in [1.54, 1.807) is 63.2 Å². The van der Waals surface area contributed by atoms with E-state index in [0.717, 1.165) is 0 Å². The number of carbonyl (C=O) groups is 2. The number of hydrogen-bond acceptors (Lipinski definition) is 8. The molecule has 0 saturated carbocycles. The van der Waals surface area contributed by atoms with Crippen LogP contribution in [0.25, 0.3) is 10.9 Å². The summed E-state index contributed by atoms with van der Waals surface area (Å²) >= 11 is 0. The Morgan fingerprint density at radius 2 is 1.66 bits per heavy atom. The Balaban J connectivity index is 1.55. The number of benzene rings is 2. The molecule has 0 aliphatic carbocycles. The molecule has 0 bridgehead atoms. The van der Waals surface area contributed by atoms with E-state index >= 15 is 0 Å². The molecule has 0 saturated heterocycles. The maximum Gasteiger partial charge on any atom is 0.350 e. The summed E-state index contributed by atoms with van der Waals surface area (Å²) in [6.45, 7) is 5.91. The lowest BCUT2D eigenvalue weighted by Gasteiger charge is -2.27. The molecule has 0 aliphatic rings. The van der Waals surface area contributed by atoms with Crippen molar-refractivity contribution in [2.45, 2.75) is 45.9 Å². The normalized spacial score (nSPS) is 12.7. The van der Waals surface area contributed by atoms with Gasteiger partial charge >= 0.3 is 11.9 Å². The fraction of sp³-hybridized carbons (Fsp3) is 0.385. The van der Waals surface area contributed by atoms with E-state index in [4.69, 9.17) is 18.9 Å². The summed E-state index contributed by atoms with van der Waals surface area (Å²) in [7, 11) is 0.